The fourth-order valence-electron chi connectivity index (χ4n) is 3.92. The quantitative estimate of drug-likeness (QED) is 0.758. The van der Waals surface area contributed by atoms with E-state index in [0.717, 1.165) is 65.1 Å². The van der Waals surface area contributed by atoms with Gasteiger partial charge in [-0.05, 0) is 36.8 Å². The fraction of sp³-hybridized carbons (Fsp3) is 0.650. The predicted octanol–water partition coefficient (Wildman–Crippen LogP) is 2.09. The smallest absolute Gasteiger partial charge is 0.248 e. The van der Waals surface area contributed by atoms with E-state index in [2.05, 4.69) is 29.2 Å². The molecule has 2 heterocycles. The summed E-state index contributed by atoms with van der Waals surface area (Å²) in [6.07, 6.45) is 4.01. The van der Waals surface area contributed by atoms with E-state index in [0.29, 0.717) is 6.04 Å². The third-order valence-electron chi connectivity index (χ3n) is 5.30. The van der Waals surface area contributed by atoms with Crippen molar-refractivity contribution in [1.29, 1.82) is 0 Å². The molecular weight excluding hydrogens is 316 g/mol. The zero-order chi connectivity index (χ0) is 17.5. The topological polar surface area (TPSA) is 42.0 Å². The Balaban J connectivity index is 1.50. The lowest BCUT2D eigenvalue weighted by Gasteiger charge is -2.35. The first-order chi connectivity index (χ1) is 12.3. The van der Waals surface area contributed by atoms with Crippen LogP contribution in [0, 0.1) is 0 Å². The van der Waals surface area contributed by atoms with Crippen molar-refractivity contribution in [3.63, 3.8) is 0 Å². The molecule has 1 aromatic carbocycles. The highest BCUT2D eigenvalue weighted by Crippen LogP contribution is 2.19. The summed E-state index contributed by atoms with van der Waals surface area (Å²) >= 11 is 0. The molecule has 0 atom stereocenters. The van der Waals surface area contributed by atoms with Crippen LogP contribution in [0.2, 0.25) is 0 Å². The lowest BCUT2D eigenvalue weighted by atomic mass is 10.00. The molecule has 1 fully saturated rings. The lowest BCUT2D eigenvalue weighted by Crippen LogP contribution is -2.46. The molecule has 0 unspecified atom stereocenters. The van der Waals surface area contributed by atoms with Crippen molar-refractivity contribution in [3.05, 3.63) is 35.4 Å². The van der Waals surface area contributed by atoms with Gasteiger partial charge in [-0.3, -0.25) is 9.69 Å². The number of fused-ring (bicyclic) bond motifs is 1. The van der Waals surface area contributed by atoms with E-state index in [-0.39, 0.29) is 12.5 Å². The van der Waals surface area contributed by atoms with Gasteiger partial charge in [0.15, 0.2) is 0 Å². The number of nitrogens with zero attached hydrogens (tertiary/aromatic N) is 2. The molecule has 1 saturated heterocycles. The van der Waals surface area contributed by atoms with Crippen LogP contribution in [-0.2, 0) is 27.2 Å². The number of carbonyl (C=O) groups is 1. The Morgan fingerprint density at radius 1 is 1.28 bits per heavy atom. The first-order valence-electron chi connectivity index (χ1n) is 9.43. The van der Waals surface area contributed by atoms with E-state index < -0.39 is 0 Å². The van der Waals surface area contributed by atoms with E-state index in [1.54, 1.807) is 7.11 Å². The molecule has 5 nitrogen and oxygen atoms in total. The monoisotopic (exact) mass is 346 g/mol. The van der Waals surface area contributed by atoms with Crippen LogP contribution in [0.4, 0.5) is 0 Å². The number of hydrogen-bond acceptors (Lipinski definition) is 4. The van der Waals surface area contributed by atoms with Crippen LogP contribution < -0.4 is 0 Å². The van der Waals surface area contributed by atoms with E-state index in [1.165, 1.54) is 11.1 Å². The molecule has 3 rings (SSSR count). The molecule has 0 aromatic heterocycles. The van der Waals surface area contributed by atoms with Gasteiger partial charge >= 0.3 is 0 Å². The zero-order valence-electron chi connectivity index (χ0n) is 15.3. The van der Waals surface area contributed by atoms with Crippen LogP contribution in [0.15, 0.2) is 24.3 Å². The number of rotatable bonds is 7. The second-order valence-corrected chi connectivity index (χ2v) is 7.01. The highest BCUT2D eigenvalue weighted by atomic mass is 16.5. The Bertz CT molecular complexity index is 558. The van der Waals surface area contributed by atoms with Gasteiger partial charge in [0.2, 0.25) is 5.91 Å². The molecule has 0 saturated carbocycles. The Kier molecular flexibility index (Phi) is 6.84. The maximum Gasteiger partial charge on any atom is 0.248 e. The molecule has 2 aliphatic rings. The number of carbonyl (C=O) groups excluding carboxylic acids is 1. The normalized spacial score (nSPS) is 18.8. The van der Waals surface area contributed by atoms with Gasteiger partial charge in [0.1, 0.15) is 6.61 Å². The largest absolute Gasteiger partial charge is 0.381 e. The highest BCUT2D eigenvalue weighted by molar-refractivity contribution is 5.77. The minimum atomic E-state index is 0.110. The predicted molar refractivity (Wildman–Crippen MR) is 97.5 cm³/mol. The number of amides is 1. The molecule has 25 heavy (non-hydrogen) atoms. The van der Waals surface area contributed by atoms with E-state index in [4.69, 9.17) is 9.47 Å². The molecule has 0 N–H and O–H groups in total. The fourth-order valence-corrected chi connectivity index (χ4v) is 3.92. The maximum atomic E-state index is 12.4. The van der Waals surface area contributed by atoms with E-state index >= 15 is 0 Å². The van der Waals surface area contributed by atoms with Crippen LogP contribution in [0.3, 0.4) is 0 Å². The number of methoxy groups -OCH3 is 1. The lowest BCUT2D eigenvalue weighted by molar-refractivity contribution is -0.139. The number of hydrogen-bond donors (Lipinski definition) is 0. The van der Waals surface area contributed by atoms with Gasteiger partial charge in [-0.1, -0.05) is 24.3 Å². The van der Waals surface area contributed by atoms with Gasteiger partial charge in [0.25, 0.3) is 0 Å². The molecule has 1 amide bonds. The average Bonchev–Trinajstić information content (AvgIpc) is 2.66. The Hall–Kier alpha value is -1.43. The van der Waals surface area contributed by atoms with Gasteiger partial charge in [0.05, 0.1) is 0 Å². The first kappa shape index (κ1) is 18.4. The van der Waals surface area contributed by atoms with Gasteiger partial charge < -0.3 is 14.4 Å². The van der Waals surface area contributed by atoms with Crippen molar-refractivity contribution in [1.82, 2.24) is 9.80 Å². The minimum absolute atomic E-state index is 0.110. The van der Waals surface area contributed by atoms with Gasteiger partial charge in [-0.15, -0.1) is 0 Å². The Labute approximate surface area is 150 Å². The first-order valence-corrected chi connectivity index (χ1v) is 9.43. The summed E-state index contributed by atoms with van der Waals surface area (Å²) in [7, 11) is 1.59. The van der Waals surface area contributed by atoms with Crippen LogP contribution >= 0.6 is 0 Å². The molecular formula is C20H30N2O3. The third-order valence-corrected chi connectivity index (χ3v) is 5.30. The summed E-state index contributed by atoms with van der Waals surface area (Å²) < 4.78 is 10.5. The van der Waals surface area contributed by atoms with Gasteiger partial charge in [-0.2, -0.15) is 0 Å². The molecule has 0 aliphatic carbocycles. The van der Waals surface area contributed by atoms with Crippen LogP contribution in [0.5, 0.6) is 0 Å². The second kappa shape index (κ2) is 9.32. The zero-order valence-corrected chi connectivity index (χ0v) is 15.3. The average molecular weight is 346 g/mol. The van der Waals surface area contributed by atoms with Crippen molar-refractivity contribution >= 4 is 5.91 Å². The molecule has 0 bridgehead atoms. The van der Waals surface area contributed by atoms with E-state index in [1.807, 2.05) is 4.90 Å². The van der Waals surface area contributed by atoms with Gasteiger partial charge in [0, 0.05) is 52.5 Å². The standard InChI is InChI=1S/C20H30N2O3/c1-24-16-20(23)22(19-8-13-25-14-9-19)11-4-10-21-12-7-17-5-2-3-6-18(17)15-21/h2-3,5-6,19H,4,7-16H2,1H3. The number of ether oxygens (including phenoxy) is 2. The van der Waals surface area contributed by atoms with Crippen molar-refractivity contribution < 1.29 is 14.3 Å². The van der Waals surface area contributed by atoms with Crippen molar-refractivity contribution in [2.75, 3.05) is 46.6 Å². The molecule has 0 spiro atoms. The summed E-state index contributed by atoms with van der Waals surface area (Å²) in [4.78, 5) is 17.0. The third kappa shape index (κ3) is 5.03. The van der Waals surface area contributed by atoms with Crippen molar-refractivity contribution in [2.45, 2.75) is 38.3 Å². The van der Waals surface area contributed by atoms with Crippen molar-refractivity contribution in [3.8, 4) is 0 Å². The second-order valence-electron chi connectivity index (χ2n) is 7.01. The molecule has 138 valence electrons. The van der Waals surface area contributed by atoms with Crippen LogP contribution in [-0.4, -0.2) is 68.3 Å². The summed E-state index contributed by atoms with van der Waals surface area (Å²) in [5.74, 6) is 0.110. The molecule has 2 aliphatic heterocycles. The maximum absolute atomic E-state index is 12.4. The summed E-state index contributed by atoms with van der Waals surface area (Å²) in [6.45, 7) is 5.67. The van der Waals surface area contributed by atoms with Crippen molar-refractivity contribution in [2.24, 2.45) is 0 Å². The summed E-state index contributed by atoms with van der Waals surface area (Å²) in [5.41, 5.74) is 2.93. The summed E-state index contributed by atoms with van der Waals surface area (Å²) in [5, 5.41) is 0. The van der Waals surface area contributed by atoms with E-state index in [9.17, 15) is 4.79 Å². The van der Waals surface area contributed by atoms with Gasteiger partial charge in [-0.25, -0.2) is 0 Å². The SMILES string of the molecule is COCC(=O)N(CCCN1CCc2ccccc2C1)C1CCOCC1. The van der Waals surface area contributed by atoms with Crippen LogP contribution in [0.25, 0.3) is 0 Å². The minimum Gasteiger partial charge on any atom is -0.381 e. The molecule has 0 radical (unpaired) electrons. The number of benzene rings is 1. The highest BCUT2D eigenvalue weighted by Gasteiger charge is 2.25. The molecule has 5 heteroatoms. The molecule has 1 aromatic rings. The summed E-state index contributed by atoms with van der Waals surface area (Å²) in [6, 6.07) is 9.03. The van der Waals surface area contributed by atoms with Crippen LogP contribution in [0.1, 0.15) is 30.4 Å². The Morgan fingerprint density at radius 3 is 2.80 bits per heavy atom. The Morgan fingerprint density at radius 2 is 2.04 bits per heavy atom.